The summed E-state index contributed by atoms with van der Waals surface area (Å²) >= 11 is 0. The van der Waals surface area contributed by atoms with E-state index in [1.807, 2.05) is 30.3 Å². The molecule has 5 nitrogen and oxygen atoms in total. The van der Waals surface area contributed by atoms with Crippen molar-refractivity contribution in [1.82, 2.24) is 10.2 Å². The van der Waals surface area contributed by atoms with Gasteiger partial charge in [-0.2, -0.15) is 0 Å². The van der Waals surface area contributed by atoms with E-state index in [0.29, 0.717) is 19.0 Å². The molecule has 108 valence electrons. The van der Waals surface area contributed by atoms with E-state index in [2.05, 4.69) is 10.6 Å². The molecular weight excluding hydrogens is 254 g/mol. The smallest absolute Gasteiger partial charge is 0.243 e. The molecule has 0 aromatic heterocycles. The van der Waals surface area contributed by atoms with Crippen LogP contribution in [0.5, 0.6) is 0 Å². The minimum atomic E-state index is -0.179. The highest BCUT2D eigenvalue weighted by atomic mass is 16.2. The topological polar surface area (TPSA) is 61.4 Å². The number of amides is 2. The Morgan fingerprint density at radius 3 is 2.60 bits per heavy atom. The van der Waals surface area contributed by atoms with Crippen molar-refractivity contribution < 1.29 is 9.59 Å². The van der Waals surface area contributed by atoms with Crippen molar-refractivity contribution in [3.63, 3.8) is 0 Å². The second kappa shape index (κ2) is 7.05. The normalized spacial score (nSPS) is 13.8. The molecule has 0 unspecified atom stereocenters. The molecule has 1 fully saturated rings. The third-order valence-corrected chi connectivity index (χ3v) is 3.21. The first-order chi connectivity index (χ1) is 9.65. The number of likely N-dealkylation sites (N-methyl/N-ethyl adjacent to an activating group) is 1. The summed E-state index contributed by atoms with van der Waals surface area (Å²) in [5.74, 6) is -0.191. The molecule has 0 bridgehead atoms. The average molecular weight is 275 g/mol. The number of para-hydroxylation sites is 1. The van der Waals surface area contributed by atoms with E-state index in [1.165, 1.54) is 17.7 Å². The van der Waals surface area contributed by atoms with Crippen molar-refractivity contribution in [1.29, 1.82) is 0 Å². The van der Waals surface area contributed by atoms with Crippen molar-refractivity contribution in [2.45, 2.75) is 25.3 Å². The van der Waals surface area contributed by atoms with E-state index in [-0.39, 0.29) is 18.4 Å². The standard InChI is InChI=1S/C15H21N3O2/c1-18(15(20)9-10-16-12-7-8-12)11-14(19)17-13-5-3-2-4-6-13/h2-6,12,16H,7-11H2,1H3,(H,17,19). The Kier molecular flexibility index (Phi) is 5.12. The molecule has 0 heterocycles. The zero-order valence-corrected chi connectivity index (χ0v) is 11.8. The minimum Gasteiger partial charge on any atom is -0.336 e. The maximum atomic E-state index is 11.8. The maximum Gasteiger partial charge on any atom is 0.243 e. The summed E-state index contributed by atoms with van der Waals surface area (Å²) in [5.41, 5.74) is 0.744. The van der Waals surface area contributed by atoms with Crippen molar-refractivity contribution in [2.24, 2.45) is 0 Å². The number of nitrogens with one attached hydrogen (secondary N) is 2. The predicted octanol–water partition coefficient (Wildman–Crippen LogP) is 1.23. The highest BCUT2D eigenvalue weighted by molar-refractivity contribution is 5.94. The number of nitrogens with zero attached hydrogens (tertiary/aromatic N) is 1. The first kappa shape index (κ1) is 14.5. The van der Waals surface area contributed by atoms with Crippen molar-refractivity contribution >= 4 is 17.5 Å². The molecule has 0 aliphatic heterocycles. The van der Waals surface area contributed by atoms with Gasteiger partial charge in [0.15, 0.2) is 0 Å². The van der Waals surface area contributed by atoms with Crippen LogP contribution in [0, 0.1) is 0 Å². The molecule has 0 spiro atoms. The summed E-state index contributed by atoms with van der Waals surface area (Å²) in [6.45, 7) is 0.769. The van der Waals surface area contributed by atoms with Crippen LogP contribution in [0.1, 0.15) is 19.3 Å². The first-order valence-corrected chi connectivity index (χ1v) is 6.97. The van der Waals surface area contributed by atoms with Gasteiger partial charge >= 0.3 is 0 Å². The fourth-order valence-electron chi connectivity index (χ4n) is 1.89. The van der Waals surface area contributed by atoms with Crippen LogP contribution >= 0.6 is 0 Å². The van der Waals surface area contributed by atoms with Crippen LogP contribution in [-0.4, -0.2) is 42.9 Å². The van der Waals surface area contributed by atoms with Crippen molar-refractivity contribution in [3.05, 3.63) is 30.3 Å². The van der Waals surface area contributed by atoms with Gasteiger partial charge in [-0.3, -0.25) is 9.59 Å². The summed E-state index contributed by atoms with van der Waals surface area (Å²) in [6.07, 6.45) is 2.86. The molecule has 0 atom stereocenters. The van der Waals surface area contributed by atoms with Gasteiger partial charge in [-0.15, -0.1) is 0 Å². The Balaban J connectivity index is 1.67. The highest BCUT2D eigenvalue weighted by Crippen LogP contribution is 2.18. The largest absolute Gasteiger partial charge is 0.336 e. The molecule has 0 radical (unpaired) electrons. The van der Waals surface area contributed by atoms with Gasteiger partial charge in [0.05, 0.1) is 6.54 Å². The Labute approximate surface area is 119 Å². The first-order valence-electron chi connectivity index (χ1n) is 6.97. The van der Waals surface area contributed by atoms with Crippen LogP contribution in [0.25, 0.3) is 0 Å². The molecule has 20 heavy (non-hydrogen) atoms. The highest BCUT2D eigenvalue weighted by Gasteiger charge is 2.20. The quantitative estimate of drug-likeness (QED) is 0.786. The zero-order valence-electron chi connectivity index (χ0n) is 11.8. The molecule has 5 heteroatoms. The van der Waals surface area contributed by atoms with Crippen LogP contribution < -0.4 is 10.6 Å². The van der Waals surface area contributed by atoms with Gasteiger partial charge in [0.1, 0.15) is 0 Å². The Morgan fingerprint density at radius 1 is 1.25 bits per heavy atom. The molecule has 2 rings (SSSR count). The summed E-state index contributed by atoms with van der Waals surface area (Å²) in [7, 11) is 1.66. The Bertz CT molecular complexity index is 457. The van der Waals surface area contributed by atoms with Gasteiger partial charge in [0.2, 0.25) is 11.8 Å². The van der Waals surface area contributed by atoms with E-state index < -0.39 is 0 Å². The van der Waals surface area contributed by atoms with Crippen LogP contribution in [0.3, 0.4) is 0 Å². The molecule has 1 saturated carbocycles. The SMILES string of the molecule is CN(CC(=O)Nc1ccccc1)C(=O)CCNC1CC1. The predicted molar refractivity (Wildman–Crippen MR) is 78.4 cm³/mol. The number of carbonyl (C=O) groups is 2. The van der Waals surface area contributed by atoms with Crippen LogP contribution in [0.15, 0.2) is 30.3 Å². The van der Waals surface area contributed by atoms with Crippen LogP contribution in [0.4, 0.5) is 5.69 Å². The monoisotopic (exact) mass is 275 g/mol. The van der Waals surface area contributed by atoms with Gasteiger partial charge in [0.25, 0.3) is 0 Å². The third kappa shape index (κ3) is 5.01. The number of hydrogen-bond donors (Lipinski definition) is 2. The molecule has 2 amide bonds. The van der Waals surface area contributed by atoms with E-state index in [9.17, 15) is 9.59 Å². The Hall–Kier alpha value is -1.88. The van der Waals surface area contributed by atoms with Gasteiger partial charge in [-0.25, -0.2) is 0 Å². The number of rotatable bonds is 7. The molecule has 1 aromatic carbocycles. The minimum absolute atomic E-state index is 0.0126. The lowest BCUT2D eigenvalue weighted by molar-refractivity contribution is -0.133. The van der Waals surface area contributed by atoms with Gasteiger partial charge < -0.3 is 15.5 Å². The van der Waals surface area contributed by atoms with Crippen LogP contribution in [0.2, 0.25) is 0 Å². The van der Waals surface area contributed by atoms with E-state index in [0.717, 1.165) is 5.69 Å². The maximum absolute atomic E-state index is 11.8. The lowest BCUT2D eigenvalue weighted by Gasteiger charge is -2.17. The second-order valence-corrected chi connectivity index (χ2v) is 5.14. The number of benzene rings is 1. The zero-order chi connectivity index (χ0) is 14.4. The number of anilines is 1. The van der Waals surface area contributed by atoms with Gasteiger partial charge in [0, 0.05) is 31.7 Å². The third-order valence-electron chi connectivity index (χ3n) is 3.21. The molecule has 2 N–H and O–H groups in total. The molecular formula is C15H21N3O2. The fraction of sp³-hybridized carbons (Fsp3) is 0.467. The van der Waals surface area contributed by atoms with Crippen LogP contribution in [-0.2, 0) is 9.59 Å². The summed E-state index contributed by atoms with van der Waals surface area (Å²) in [4.78, 5) is 25.1. The molecule has 1 aromatic rings. The molecule has 0 saturated heterocycles. The van der Waals surface area contributed by atoms with E-state index in [4.69, 9.17) is 0 Å². The molecule has 1 aliphatic rings. The van der Waals surface area contributed by atoms with Gasteiger partial charge in [-0.1, -0.05) is 18.2 Å². The van der Waals surface area contributed by atoms with E-state index >= 15 is 0 Å². The summed E-state index contributed by atoms with van der Waals surface area (Å²) in [6, 6.07) is 9.84. The Morgan fingerprint density at radius 2 is 1.95 bits per heavy atom. The number of carbonyl (C=O) groups excluding carboxylic acids is 2. The van der Waals surface area contributed by atoms with Crippen molar-refractivity contribution in [3.8, 4) is 0 Å². The lowest BCUT2D eigenvalue weighted by atomic mass is 10.3. The molecule has 1 aliphatic carbocycles. The lowest BCUT2D eigenvalue weighted by Crippen LogP contribution is -2.36. The van der Waals surface area contributed by atoms with Gasteiger partial charge in [-0.05, 0) is 25.0 Å². The number of hydrogen-bond acceptors (Lipinski definition) is 3. The second-order valence-electron chi connectivity index (χ2n) is 5.14. The van der Waals surface area contributed by atoms with Crippen molar-refractivity contribution in [2.75, 3.05) is 25.5 Å². The summed E-state index contributed by atoms with van der Waals surface area (Å²) < 4.78 is 0. The summed E-state index contributed by atoms with van der Waals surface area (Å²) in [5, 5.41) is 6.05. The average Bonchev–Trinajstić information content (AvgIpc) is 3.23. The fourth-order valence-corrected chi connectivity index (χ4v) is 1.89. The van der Waals surface area contributed by atoms with E-state index in [1.54, 1.807) is 7.05 Å².